The van der Waals surface area contributed by atoms with Gasteiger partial charge in [0.05, 0.1) is 26.4 Å². The van der Waals surface area contributed by atoms with E-state index in [1.54, 1.807) is 0 Å². The number of rotatable bonds is 45. The second-order valence-electron chi connectivity index (χ2n) is 19.8. The molecule has 0 saturated carbocycles. The van der Waals surface area contributed by atoms with Crippen LogP contribution in [0.2, 0.25) is 0 Å². The molecule has 0 bridgehead atoms. The number of esters is 1. The van der Waals surface area contributed by atoms with Crippen LogP contribution >= 0.6 is 0 Å². The highest BCUT2D eigenvalue weighted by Crippen LogP contribution is 2.27. The summed E-state index contributed by atoms with van der Waals surface area (Å²) < 4.78 is 34.3. The second kappa shape index (κ2) is 42.9. The third-order valence-electron chi connectivity index (χ3n) is 13.5. The van der Waals surface area contributed by atoms with Crippen LogP contribution in [-0.2, 0) is 33.2 Å². The van der Waals surface area contributed by atoms with Gasteiger partial charge in [0.2, 0.25) is 0 Å². The minimum atomic E-state index is -1.71. The molecule has 0 aromatic heterocycles. The van der Waals surface area contributed by atoms with Crippen LogP contribution in [-0.4, -0.2) is 142 Å². The minimum absolute atomic E-state index is 0.0583. The van der Waals surface area contributed by atoms with Gasteiger partial charge in [-0.2, -0.15) is 0 Å². The Kier molecular flexibility index (Phi) is 39.6. The van der Waals surface area contributed by atoms with E-state index in [0.717, 1.165) is 64.2 Å². The number of unbranched alkanes of at least 4 members (excludes halogenated alkanes) is 27. The van der Waals surface area contributed by atoms with Gasteiger partial charge in [-0.3, -0.25) is 4.79 Å². The van der Waals surface area contributed by atoms with Crippen LogP contribution in [0.15, 0.2) is 24.3 Å². The maximum absolute atomic E-state index is 13.0. The van der Waals surface area contributed by atoms with Gasteiger partial charge in [0.1, 0.15) is 54.9 Å². The van der Waals surface area contributed by atoms with Crippen molar-refractivity contribution in [3.05, 3.63) is 24.3 Å². The summed E-state index contributed by atoms with van der Waals surface area (Å²) in [5.74, 6) is -0.376. The lowest BCUT2D eigenvalue weighted by molar-refractivity contribution is -0.332. The maximum Gasteiger partial charge on any atom is 0.306 e. The summed E-state index contributed by atoms with van der Waals surface area (Å²) in [5, 5.41) is 72.2. The lowest BCUT2D eigenvalue weighted by Crippen LogP contribution is -2.61. The van der Waals surface area contributed by atoms with Crippen molar-refractivity contribution in [1.29, 1.82) is 0 Å². The fourth-order valence-corrected chi connectivity index (χ4v) is 8.89. The first-order valence-corrected chi connectivity index (χ1v) is 27.9. The summed E-state index contributed by atoms with van der Waals surface area (Å²) in [7, 11) is 0. The third-order valence-corrected chi connectivity index (χ3v) is 13.5. The summed E-state index contributed by atoms with van der Waals surface area (Å²) in [5.41, 5.74) is 0. The molecule has 2 rings (SSSR count). The van der Waals surface area contributed by atoms with Crippen molar-refractivity contribution in [1.82, 2.24) is 0 Å². The number of hydrogen-bond donors (Lipinski definition) is 7. The first-order valence-electron chi connectivity index (χ1n) is 27.9. The van der Waals surface area contributed by atoms with Crippen molar-refractivity contribution in [3.63, 3.8) is 0 Å². The zero-order valence-electron chi connectivity index (χ0n) is 43.3. The number of carbonyl (C=O) groups is 1. The van der Waals surface area contributed by atoms with E-state index in [-0.39, 0.29) is 25.6 Å². The molecular weight excluding hydrogens is 885 g/mol. The number of carbonyl (C=O) groups excluding carboxylic acids is 1. The predicted molar refractivity (Wildman–Crippen MR) is 270 cm³/mol. The molecule has 2 saturated heterocycles. The molecule has 7 N–H and O–H groups in total. The first kappa shape index (κ1) is 63.6. The monoisotopic (exact) mass is 987 g/mol. The Hall–Kier alpha value is -1.53. The molecule has 0 radical (unpaired) electrons. The Bertz CT molecular complexity index is 1240. The van der Waals surface area contributed by atoms with E-state index >= 15 is 0 Å². The predicted octanol–water partition coefficient (Wildman–Crippen LogP) is 9.19. The van der Waals surface area contributed by atoms with Crippen molar-refractivity contribution >= 4 is 5.97 Å². The fourth-order valence-electron chi connectivity index (χ4n) is 8.89. The van der Waals surface area contributed by atoms with Gasteiger partial charge >= 0.3 is 5.97 Å². The van der Waals surface area contributed by atoms with Crippen molar-refractivity contribution < 1.29 is 69.0 Å². The van der Waals surface area contributed by atoms with Crippen LogP contribution in [0.3, 0.4) is 0 Å². The summed E-state index contributed by atoms with van der Waals surface area (Å²) in [6.45, 7) is 3.66. The molecule has 0 aromatic rings. The normalized spacial score (nSPS) is 25.8. The Labute approximate surface area is 417 Å². The van der Waals surface area contributed by atoms with Crippen molar-refractivity contribution in [2.75, 3.05) is 33.0 Å². The minimum Gasteiger partial charge on any atom is -0.457 e. The van der Waals surface area contributed by atoms with Gasteiger partial charge in [-0.25, -0.2) is 0 Å². The third kappa shape index (κ3) is 30.3. The lowest BCUT2D eigenvalue weighted by atomic mass is 9.98. The molecule has 2 aliphatic heterocycles. The van der Waals surface area contributed by atoms with Crippen LogP contribution in [0.5, 0.6) is 0 Å². The molecule has 0 aromatic carbocycles. The molecule has 2 fully saturated rings. The zero-order valence-corrected chi connectivity index (χ0v) is 43.3. The topological polar surface area (TPSA) is 214 Å². The van der Waals surface area contributed by atoms with Gasteiger partial charge in [0.25, 0.3) is 0 Å². The van der Waals surface area contributed by atoms with Crippen molar-refractivity contribution in [2.45, 2.75) is 287 Å². The van der Waals surface area contributed by atoms with Crippen LogP contribution in [0.1, 0.15) is 219 Å². The number of ether oxygens (including phenoxy) is 6. The van der Waals surface area contributed by atoms with Crippen LogP contribution in [0.4, 0.5) is 0 Å². The summed E-state index contributed by atoms with van der Waals surface area (Å²) in [4.78, 5) is 13.0. The molecule has 14 heteroatoms. The fraction of sp³-hybridized carbons (Fsp3) is 0.909. The quantitative estimate of drug-likeness (QED) is 0.0172. The summed E-state index contributed by atoms with van der Waals surface area (Å²) in [6.07, 6.45) is 30.9. The van der Waals surface area contributed by atoms with Crippen LogP contribution < -0.4 is 0 Å². The number of allylic oxidation sites excluding steroid dienone is 4. The Morgan fingerprint density at radius 3 is 1.43 bits per heavy atom. The van der Waals surface area contributed by atoms with E-state index in [1.807, 2.05) is 0 Å². The van der Waals surface area contributed by atoms with Crippen LogP contribution in [0.25, 0.3) is 0 Å². The van der Waals surface area contributed by atoms with E-state index in [1.165, 1.54) is 128 Å². The van der Waals surface area contributed by atoms with Gasteiger partial charge in [-0.05, 0) is 38.5 Å². The molecule has 11 unspecified atom stereocenters. The van der Waals surface area contributed by atoms with E-state index in [0.29, 0.717) is 13.0 Å². The molecule has 406 valence electrons. The molecule has 2 heterocycles. The molecule has 69 heavy (non-hydrogen) atoms. The Morgan fingerprint density at radius 2 is 0.913 bits per heavy atom. The number of aliphatic hydroxyl groups is 7. The maximum atomic E-state index is 13.0. The average molecular weight is 987 g/mol. The molecule has 0 amide bonds. The first-order chi connectivity index (χ1) is 33.6. The molecule has 11 atom stereocenters. The molecular formula is C55H102O14. The van der Waals surface area contributed by atoms with Gasteiger partial charge in [0.15, 0.2) is 12.6 Å². The SMILES string of the molecule is CCCC/C=C\C/C=C\CCCCCCCCOCC(COC1OC(COC2OC(CO)C(O)C(O)C2O)C(O)C(O)C1O)OC(=O)CCCCCCCCCCCCCCCCCCCCCC. The smallest absolute Gasteiger partial charge is 0.306 e. The van der Waals surface area contributed by atoms with E-state index in [9.17, 15) is 40.5 Å². The number of aliphatic hydroxyl groups excluding tert-OH is 7. The average Bonchev–Trinajstić information content (AvgIpc) is 3.35. The highest BCUT2D eigenvalue weighted by atomic mass is 16.7. The van der Waals surface area contributed by atoms with Crippen molar-refractivity contribution in [3.8, 4) is 0 Å². The van der Waals surface area contributed by atoms with Gasteiger partial charge in [-0.1, -0.05) is 199 Å². The largest absolute Gasteiger partial charge is 0.457 e. The van der Waals surface area contributed by atoms with Gasteiger partial charge in [0, 0.05) is 13.0 Å². The molecule has 0 spiro atoms. The van der Waals surface area contributed by atoms with Gasteiger partial charge < -0.3 is 64.2 Å². The molecule has 2 aliphatic rings. The van der Waals surface area contributed by atoms with E-state index < -0.39 is 80.7 Å². The van der Waals surface area contributed by atoms with Gasteiger partial charge in [-0.15, -0.1) is 0 Å². The molecule has 14 nitrogen and oxygen atoms in total. The van der Waals surface area contributed by atoms with E-state index in [4.69, 9.17) is 28.4 Å². The second-order valence-corrected chi connectivity index (χ2v) is 19.8. The highest BCUT2D eigenvalue weighted by molar-refractivity contribution is 5.69. The Balaban J connectivity index is 1.73. The molecule has 0 aliphatic carbocycles. The summed E-state index contributed by atoms with van der Waals surface area (Å²) >= 11 is 0. The Morgan fingerprint density at radius 1 is 0.478 bits per heavy atom. The van der Waals surface area contributed by atoms with E-state index in [2.05, 4.69) is 38.2 Å². The van der Waals surface area contributed by atoms with Crippen molar-refractivity contribution in [2.24, 2.45) is 0 Å². The standard InChI is InChI=1S/C55H102O14/c1-3-5-7-9-11-13-15-17-19-20-21-22-23-24-26-28-30-32-34-36-38-47(57)67-44(41-64-39-37-35-33-31-29-27-25-18-16-14-12-10-8-6-4-2)42-65-54-53(63)51(61)49(59)46(69-54)43-66-55-52(62)50(60)48(58)45(40-56)68-55/h10,12,16,18,44-46,48-56,58-63H,3-9,11,13-15,17,19-43H2,1-2H3/b12-10-,18-16-. The van der Waals surface area contributed by atoms with Crippen LogP contribution in [0, 0.1) is 0 Å². The summed E-state index contributed by atoms with van der Waals surface area (Å²) in [6, 6.07) is 0. The lowest BCUT2D eigenvalue weighted by Gasteiger charge is -2.42. The zero-order chi connectivity index (χ0) is 50.2. The highest BCUT2D eigenvalue weighted by Gasteiger charge is 2.47. The number of hydrogen-bond acceptors (Lipinski definition) is 14.